The van der Waals surface area contributed by atoms with Crippen LogP contribution in [0.4, 0.5) is 5.69 Å². The van der Waals surface area contributed by atoms with E-state index in [0.29, 0.717) is 5.56 Å². The Kier molecular flexibility index (Phi) is 4.47. The number of aromatic carboxylic acids is 1. The second kappa shape index (κ2) is 6.29. The van der Waals surface area contributed by atoms with Gasteiger partial charge in [-0.3, -0.25) is 0 Å². The van der Waals surface area contributed by atoms with Gasteiger partial charge in [0.25, 0.3) is 0 Å². The van der Waals surface area contributed by atoms with Crippen LogP contribution in [0.25, 0.3) is 0 Å². The summed E-state index contributed by atoms with van der Waals surface area (Å²) >= 11 is 1.72. The van der Waals surface area contributed by atoms with E-state index in [4.69, 9.17) is 5.11 Å². The second-order valence-corrected chi connectivity index (χ2v) is 4.96. The summed E-state index contributed by atoms with van der Waals surface area (Å²) in [6.07, 6.45) is 2.05. The molecule has 0 unspecified atom stereocenters. The number of anilines is 1. The van der Waals surface area contributed by atoms with Gasteiger partial charge in [0, 0.05) is 17.1 Å². The van der Waals surface area contributed by atoms with E-state index in [0.717, 1.165) is 12.2 Å². The van der Waals surface area contributed by atoms with E-state index in [9.17, 15) is 4.79 Å². The third kappa shape index (κ3) is 3.76. The van der Waals surface area contributed by atoms with E-state index in [-0.39, 0.29) is 0 Å². The number of carboxylic acid groups (broad SMARTS) is 1. The van der Waals surface area contributed by atoms with Gasteiger partial charge in [-0.25, -0.2) is 4.79 Å². The zero-order chi connectivity index (χ0) is 13.7. The topological polar surface area (TPSA) is 49.3 Å². The average molecular weight is 273 g/mol. The molecule has 2 rings (SSSR count). The van der Waals surface area contributed by atoms with Gasteiger partial charge in [0.05, 0.1) is 5.56 Å². The average Bonchev–Trinajstić information content (AvgIpc) is 2.46. The van der Waals surface area contributed by atoms with Gasteiger partial charge in [-0.05, 0) is 48.2 Å². The summed E-state index contributed by atoms with van der Waals surface area (Å²) in [5, 5.41) is 12.1. The maximum absolute atomic E-state index is 10.7. The largest absolute Gasteiger partial charge is 0.478 e. The molecule has 0 heterocycles. The molecule has 0 aliphatic heterocycles. The quantitative estimate of drug-likeness (QED) is 0.815. The minimum atomic E-state index is -0.904. The van der Waals surface area contributed by atoms with Crippen LogP contribution in [0.15, 0.2) is 53.4 Å². The predicted octanol–water partition coefficient (Wildman–Crippen LogP) is 3.72. The Balaban J connectivity index is 1.95. The normalized spacial score (nSPS) is 10.2. The van der Waals surface area contributed by atoms with Gasteiger partial charge in [0.2, 0.25) is 0 Å². The molecule has 0 aromatic heterocycles. The summed E-state index contributed by atoms with van der Waals surface area (Å²) in [5.74, 6) is -0.904. The maximum Gasteiger partial charge on any atom is 0.335 e. The number of nitrogens with one attached hydrogen (secondary N) is 1. The van der Waals surface area contributed by atoms with Crippen molar-refractivity contribution in [3.63, 3.8) is 0 Å². The fourth-order valence-electron chi connectivity index (χ4n) is 1.68. The van der Waals surface area contributed by atoms with Crippen LogP contribution in [0, 0.1) is 0 Å². The molecule has 4 heteroatoms. The standard InChI is InChI=1S/C15H15NO2S/c1-19-14-8-2-11(3-9-14)10-16-13-6-4-12(5-7-13)15(17)18/h2-9,16H,10H2,1H3,(H,17,18). The number of hydrogen-bond donors (Lipinski definition) is 2. The molecule has 0 spiro atoms. The van der Waals surface area contributed by atoms with E-state index in [1.807, 2.05) is 0 Å². The molecule has 19 heavy (non-hydrogen) atoms. The summed E-state index contributed by atoms with van der Waals surface area (Å²) in [6.45, 7) is 0.723. The highest BCUT2D eigenvalue weighted by atomic mass is 32.2. The summed E-state index contributed by atoms with van der Waals surface area (Å²) in [6, 6.07) is 15.1. The first kappa shape index (κ1) is 13.5. The number of carboxylic acids is 1. The lowest BCUT2D eigenvalue weighted by molar-refractivity contribution is 0.0697. The molecule has 2 aromatic carbocycles. The fraction of sp³-hybridized carbons (Fsp3) is 0.133. The van der Waals surface area contributed by atoms with Gasteiger partial charge in [0.15, 0.2) is 0 Å². The van der Waals surface area contributed by atoms with Crippen LogP contribution in [0.5, 0.6) is 0 Å². The number of rotatable bonds is 5. The number of hydrogen-bond acceptors (Lipinski definition) is 3. The van der Waals surface area contributed by atoms with Crippen LogP contribution in [0.3, 0.4) is 0 Å². The number of benzene rings is 2. The Morgan fingerprint density at radius 3 is 2.26 bits per heavy atom. The van der Waals surface area contributed by atoms with Crippen LogP contribution in [0.2, 0.25) is 0 Å². The van der Waals surface area contributed by atoms with Crippen molar-refractivity contribution in [2.45, 2.75) is 11.4 Å². The zero-order valence-corrected chi connectivity index (χ0v) is 11.4. The highest BCUT2D eigenvalue weighted by Crippen LogP contribution is 2.16. The molecule has 0 aliphatic carbocycles. The summed E-state index contributed by atoms with van der Waals surface area (Å²) < 4.78 is 0. The monoisotopic (exact) mass is 273 g/mol. The van der Waals surface area contributed by atoms with Gasteiger partial charge in [-0.1, -0.05) is 12.1 Å². The summed E-state index contributed by atoms with van der Waals surface area (Å²) in [5.41, 5.74) is 2.41. The van der Waals surface area contributed by atoms with Gasteiger partial charge in [0.1, 0.15) is 0 Å². The highest BCUT2D eigenvalue weighted by molar-refractivity contribution is 7.98. The number of thioether (sulfide) groups is 1. The van der Waals surface area contributed by atoms with Crippen molar-refractivity contribution in [3.8, 4) is 0 Å². The lowest BCUT2D eigenvalue weighted by Gasteiger charge is -2.07. The van der Waals surface area contributed by atoms with Crippen molar-refractivity contribution in [2.75, 3.05) is 11.6 Å². The SMILES string of the molecule is CSc1ccc(CNc2ccc(C(=O)O)cc2)cc1. The molecule has 0 saturated heterocycles. The third-order valence-electron chi connectivity index (χ3n) is 2.79. The van der Waals surface area contributed by atoms with Crippen molar-refractivity contribution in [1.29, 1.82) is 0 Å². The van der Waals surface area contributed by atoms with Crippen molar-refractivity contribution in [3.05, 3.63) is 59.7 Å². The summed E-state index contributed by atoms with van der Waals surface area (Å²) in [7, 11) is 0. The van der Waals surface area contributed by atoms with E-state index in [2.05, 4.69) is 35.8 Å². The Labute approximate surface area is 116 Å². The molecule has 0 radical (unpaired) electrons. The van der Waals surface area contributed by atoms with E-state index in [1.54, 1.807) is 36.0 Å². The van der Waals surface area contributed by atoms with Crippen molar-refractivity contribution in [1.82, 2.24) is 0 Å². The Morgan fingerprint density at radius 2 is 1.74 bits per heavy atom. The minimum Gasteiger partial charge on any atom is -0.478 e. The second-order valence-electron chi connectivity index (χ2n) is 4.08. The van der Waals surface area contributed by atoms with Crippen LogP contribution in [-0.2, 0) is 6.54 Å². The van der Waals surface area contributed by atoms with Crippen molar-refractivity contribution in [2.24, 2.45) is 0 Å². The highest BCUT2D eigenvalue weighted by Gasteiger charge is 2.01. The zero-order valence-electron chi connectivity index (χ0n) is 10.6. The smallest absolute Gasteiger partial charge is 0.335 e. The van der Waals surface area contributed by atoms with Gasteiger partial charge >= 0.3 is 5.97 Å². The molecule has 0 aliphatic rings. The van der Waals surface area contributed by atoms with Crippen LogP contribution in [-0.4, -0.2) is 17.3 Å². The van der Waals surface area contributed by atoms with Crippen LogP contribution in [0.1, 0.15) is 15.9 Å². The first-order chi connectivity index (χ1) is 9.19. The summed E-state index contributed by atoms with van der Waals surface area (Å²) in [4.78, 5) is 12.0. The molecule has 0 fully saturated rings. The molecule has 0 bridgehead atoms. The van der Waals surface area contributed by atoms with Gasteiger partial charge in [-0.2, -0.15) is 0 Å². The van der Waals surface area contributed by atoms with Crippen LogP contribution < -0.4 is 5.32 Å². The molecular formula is C15H15NO2S. The molecule has 2 N–H and O–H groups in total. The Bertz CT molecular complexity index is 549. The lowest BCUT2D eigenvalue weighted by atomic mass is 10.2. The first-order valence-corrected chi connectivity index (χ1v) is 7.11. The van der Waals surface area contributed by atoms with Gasteiger partial charge in [-0.15, -0.1) is 11.8 Å². The maximum atomic E-state index is 10.7. The fourth-order valence-corrected chi connectivity index (χ4v) is 2.09. The van der Waals surface area contributed by atoms with Gasteiger partial charge < -0.3 is 10.4 Å². The predicted molar refractivity (Wildman–Crippen MR) is 79.0 cm³/mol. The molecular weight excluding hydrogens is 258 g/mol. The van der Waals surface area contributed by atoms with Crippen molar-refractivity contribution >= 4 is 23.4 Å². The van der Waals surface area contributed by atoms with E-state index < -0.39 is 5.97 Å². The Morgan fingerprint density at radius 1 is 1.11 bits per heavy atom. The minimum absolute atomic E-state index is 0.301. The molecule has 0 atom stereocenters. The molecule has 2 aromatic rings. The van der Waals surface area contributed by atoms with E-state index in [1.165, 1.54) is 10.5 Å². The Hall–Kier alpha value is -1.94. The van der Waals surface area contributed by atoms with Crippen LogP contribution >= 0.6 is 11.8 Å². The first-order valence-electron chi connectivity index (χ1n) is 5.89. The molecule has 0 amide bonds. The number of carbonyl (C=O) groups is 1. The molecule has 98 valence electrons. The van der Waals surface area contributed by atoms with E-state index >= 15 is 0 Å². The molecule has 0 saturated carbocycles. The molecule has 3 nitrogen and oxygen atoms in total. The third-order valence-corrected chi connectivity index (χ3v) is 3.53. The van der Waals surface area contributed by atoms with Crippen molar-refractivity contribution < 1.29 is 9.90 Å². The lowest BCUT2D eigenvalue weighted by Crippen LogP contribution is -2.00.